The van der Waals surface area contributed by atoms with Crippen LogP contribution < -0.4 is 0 Å². The molecule has 1 aliphatic rings. The van der Waals surface area contributed by atoms with Gasteiger partial charge in [-0.3, -0.25) is 4.90 Å². The zero-order valence-electron chi connectivity index (χ0n) is 8.06. The summed E-state index contributed by atoms with van der Waals surface area (Å²) in [6.07, 6.45) is -0.945. The Morgan fingerprint density at radius 3 is 2.87 bits per heavy atom. The van der Waals surface area contributed by atoms with Crippen LogP contribution in [0.2, 0.25) is 0 Å². The van der Waals surface area contributed by atoms with Crippen LogP contribution >= 0.6 is 0 Å². The zero-order valence-corrected chi connectivity index (χ0v) is 8.06. The van der Waals surface area contributed by atoms with Crippen LogP contribution in [0.25, 0.3) is 0 Å². The van der Waals surface area contributed by atoms with Crippen molar-refractivity contribution in [2.75, 3.05) is 13.2 Å². The maximum absolute atomic E-state index is 12.9. The number of likely N-dealkylation sites (tertiary alicyclic amines) is 1. The van der Waals surface area contributed by atoms with Crippen molar-refractivity contribution in [1.82, 2.24) is 4.90 Å². The molecular weight excluding hydrogens is 205 g/mol. The largest absolute Gasteiger partial charge is 0.480 e. The second-order valence-corrected chi connectivity index (χ2v) is 3.20. The molecule has 6 heteroatoms. The van der Waals surface area contributed by atoms with Gasteiger partial charge in [0.2, 0.25) is 0 Å². The Kier molecular flexibility index (Phi) is 3.65. The fourth-order valence-corrected chi connectivity index (χ4v) is 1.43. The lowest BCUT2D eigenvalue weighted by Crippen LogP contribution is -2.40. The Bertz CT molecular complexity index is 281. The molecule has 84 valence electrons. The first-order valence-corrected chi connectivity index (χ1v) is 4.47. The highest BCUT2D eigenvalue weighted by Gasteiger charge is 2.40. The lowest BCUT2D eigenvalue weighted by Gasteiger charge is -2.19. The average Bonchev–Trinajstić information content (AvgIpc) is 2.57. The Morgan fingerprint density at radius 2 is 2.33 bits per heavy atom. The Balaban J connectivity index is 2.62. The molecule has 0 radical (unpaired) electrons. The molecule has 0 bridgehead atoms. The number of hydrogen-bond donors (Lipinski definition) is 1. The number of amides is 1. The predicted molar refractivity (Wildman–Crippen MR) is 49.2 cm³/mol. The van der Waals surface area contributed by atoms with Crippen LogP contribution in [-0.2, 0) is 9.53 Å². The fourth-order valence-electron chi connectivity index (χ4n) is 1.43. The first kappa shape index (κ1) is 11.5. The number of hydrogen-bond acceptors (Lipinski definition) is 3. The summed E-state index contributed by atoms with van der Waals surface area (Å²) in [6, 6.07) is -1.13. The van der Waals surface area contributed by atoms with Crippen LogP contribution in [0.15, 0.2) is 12.7 Å². The average molecular weight is 217 g/mol. The molecule has 1 fully saturated rings. The highest BCUT2D eigenvalue weighted by Crippen LogP contribution is 2.21. The van der Waals surface area contributed by atoms with E-state index >= 15 is 0 Å². The summed E-state index contributed by atoms with van der Waals surface area (Å²) < 4.78 is 17.6. The minimum atomic E-state index is -1.30. The summed E-state index contributed by atoms with van der Waals surface area (Å²) in [6.45, 7) is 3.10. The molecule has 0 aromatic rings. The molecule has 0 aromatic carbocycles. The molecule has 0 aliphatic carbocycles. The van der Waals surface area contributed by atoms with Gasteiger partial charge in [-0.25, -0.2) is 14.0 Å². The van der Waals surface area contributed by atoms with Gasteiger partial charge in [0.15, 0.2) is 0 Å². The van der Waals surface area contributed by atoms with Crippen LogP contribution in [0.1, 0.15) is 6.42 Å². The van der Waals surface area contributed by atoms with E-state index in [0.29, 0.717) is 0 Å². The van der Waals surface area contributed by atoms with E-state index < -0.39 is 24.3 Å². The van der Waals surface area contributed by atoms with Gasteiger partial charge in [-0.1, -0.05) is 12.7 Å². The molecule has 1 heterocycles. The number of halogens is 1. The van der Waals surface area contributed by atoms with Gasteiger partial charge in [0, 0.05) is 6.42 Å². The molecule has 5 nitrogen and oxygen atoms in total. The van der Waals surface area contributed by atoms with Crippen molar-refractivity contribution in [2.45, 2.75) is 18.6 Å². The number of carbonyl (C=O) groups is 2. The molecule has 2 atom stereocenters. The van der Waals surface area contributed by atoms with Crippen LogP contribution in [0.3, 0.4) is 0 Å². The molecule has 1 aliphatic heterocycles. The molecule has 0 aromatic heterocycles. The van der Waals surface area contributed by atoms with Crippen molar-refractivity contribution in [3.63, 3.8) is 0 Å². The minimum absolute atomic E-state index is 0.0153. The number of aliphatic carboxylic acids is 1. The van der Waals surface area contributed by atoms with E-state index in [4.69, 9.17) is 5.11 Å². The van der Waals surface area contributed by atoms with Gasteiger partial charge in [0.1, 0.15) is 18.8 Å². The Morgan fingerprint density at radius 1 is 1.67 bits per heavy atom. The molecule has 1 N–H and O–H groups in total. The fraction of sp³-hybridized carbons (Fsp3) is 0.556. The zero-order chi connectivity index (χ0) is 11.4. The molecule has 0 saturated carbocycles. The standard InChI is InChI=1S/C9H12FNO4/c1-2-3-15-9(14)11-5-6(10)4-7(11)8(12)13/h2,6-7H,1,3-5H2,(H,12,13)/t6-,7-/m0/s1. The number of carboxylic acids is 1. The molecular formula is C9H12FNO4. The predicted octanol–water partition coefficient (Wildman–Crippen LogP) is 0.806. The van der Waals surface area contributed by atoms with Crippen LogP contribution in [0.4, 0.5) is 9.18 Å². The normalized spacial score (nSPS) is 25.0. The minimum Gasteiger partial charge on any atom is -0.480 e. The van der Waals surface area contributed by atoms with E-state index in [1.165, 1.54) is 6.08 Å². The van der Waals surface area contributed by atoms with E-state index in [1.807, 2.05) is 0 Å². The van der Waals surface area contributed by atoms with Crippen molar-refractivity contribution >= 4 is 12.1 Å². The second-order valence-electron chi connectivity index (χ2n) is 3.20. The summed E-state index contributed by atoms with van der Waals surface area (Å²) in [5.41, 5.74) is 0. The van der Waals surface area contributed by atoms with Gasteiger partial charge < -0.3 is 9.84 Å². The number of rotatable bonds is 3. The lowest BCUT2D eigenvalue weighted by molar-refractivity contribution is -0.141. The Labute approximate surface area is 86.1 Å². The number of alkyl halides is 1. The van der Waals surface area contributed by atoms with Gasteiger partial charge in [-0.05, 0) is 0 Å². The third-order valence-corrected chi connectivity index (χ3v) is 2.09. The highest BCUT2D eigenvalue weighted by molar-refractivity contribution is 5.80. The number of carbonyl (C=O) groups excluding carboxylic acids is 1. The maximum atomic E-state index is 12.9. The third-order valence-electron chi connectivity index (χ3n) is 2.09. The number of nitrogens with zero attached hydrogens (tertiary/aromatic N) is 1. The maximum Gasteiger partial charge on any atom is 0.410 e. The highest BCUT2D eigenvalue weighted by atomic mass is 19.1. The van der Waals surface area contributed by atoms with Crippen molar-refractivity contribution < 1.29 is 23.8 Å². The number of carboxylic acid groups (broad SMARTS) is 1. The SMILES string of the molecule is C=CCOC(=O)N1C[C@@H](F)C[C@H]1C(=O)O. The van der Waals surface area contributed by atoms with Gasteiger partial charge >= 0.3 is 12.1 Å². The van der Waals surface area contributed by atoms with Crippen LogP contribution in [0, 0.1) is 0 Å². The molecule has 0 spiro atoms. The lowest BCUT2D eigenvalue weighted by atomic mass is 10.2. The Hall–Kier alpha value is -1.59. The van der Waals surface area contributed by atoms with E-state index in [1.54, 1.807) is 0 Å². The molecule has 1 rings (SSSR count). The van der Waals surface area contributed by atoms with E-state index in [2.05, 4.69) is 11.3 Å². The van der Waals surface area contributed by atoms with Crippen molar-refractivity contribution in [3.05, 3.63) is 12.7 Å². The van der Waals surface area contributed by atoms with Gasteiger partial charge in [0.25, 0.3) is 0 Å². The number of ether oxygens (including phenoxy) is 1. The van der Waals surface area contributed by atoms with Crippen molar-refractivity contribution in [1.29, 1.82) is 0 Å². The topological polar surface area (TPSA) is 66.8 Å². The summed E-state index contributed by atoms with van der Waals surface area (Å²) >= 11 is 0. The summed E-state index contributed by atoms with van der Waals surface area (Å²) in [5.74, 6) is -1.22. The second kappa shape index (κ2) is 4.77. The van der Waals surface area contributed by atoms with Gasteiger partial charge in [-0.2, -0.15) is 0 Å². The van der Waals surface area contributed by atoms with Crippen molar-refractivity contribution in [2.24, 2.45) is 0 Å². The smallest absolute Gasteiger partial charge is 0.410 e. The van der Waals surface area contributed by atoms with Gasteiger partial charge in [-0.15, -0.1) is 0 Å². The van der Waals surface area contributed by atoms with E-state index in [0.717, 1.165) is 4.90 Å². The van der Waals surface area contributed by atoms with E-state index in [-0.39, 0.29) is 19.6 Å². The third kappa shape index (κ3) is 2.68. The molecule has 1 saturated heterocycles. The van der Waals surface area contributed by atoms with Crippen LogP contribution in [-0.4, -0.2) is 47.4 Å². The van der Waals surface area contributed by atoms with E-state index in [9.17, 15) is 14.0 Å². The summed E-state index contributed by atoms with van der Waals surface area (Å²) in [4.78, 5) is 22.9. The summed E-state index contributed by atoms with van der Waals surface area (Å²) in [7, 11) is 0. The monoisotopic (exact) mass is 217 g/mol. The molecule has 1 amide bonds. The van der Waals surface area contributed by atoms with Crippen LogP contribution in [0.5, 0.6) is 0 Å². The summed E-state index contributed by atoms with van der Waals surface area (Å²) in [5, 5.41) is 8.74. The first-order valence-electron chi connectivity index (χ1n) is 4.47. The quantitative estimate of drug-likeness (QED) is 0.710. The molecule has 15 heavy (non-hydrogen) atoms. The van der Waals surface area contributed by atoms with Gasteiger partial charge in [0.05, 0.1) is 6.54 Å². The first-order chi connectivity index (χ1) is 7.06. The van der Waals surface area contributed by atoms with Crippen molar-refractivity contribution in [3.8, 4) is 0 Å². The molecule has 0 unspecified atom stereocenters.